The van der Waals surface area contributed by atoms with Crippen molar-refractivity contribution in [2.45, 2.75) is 46.2 Å². The maximum Gasteiger partial charge on any atom is 0.0294 e. The van der Waals surface area contributed by atoms with Gasteiger partial charge >= 0.3 is 0 Å². The van der Waals surface area contributed by atoms with E-state index in [1.165, 1.54) is 29.1 Å². The van der Waals surface area contributed by atoms with Crippen molar-refractivity contribution in [3.8, 4) is 0 Å². The number of benzene rings is 1. The fourth-order valence-corrected chi connectivity index (χ4v) is 2.76. The Bertz CT molecular complexity index is 324. The van der Waals surface area contributed by atoms with Gasteiger partial charge in [0, 0.05) is 12.1 Å². The zero-order chi connectivity index (χ0) is 12.7. The van der Waals surface area contributed by atoms with Crippen molar-refractivity contribution < 1.29 is 0 Å². The molecule has 0 bridgehead atoms. The second kappa shape index (κ2) is 7.78. The van der Waals surface area contributed by atoms with Crippen LogP contribution in [-0.2, 0) is 0 Å². The molecule has 1 aromatic rings. The van der Waals surface area contributed by atoms with E-state index in [0.717, 1.165) is 0 Å². The van der Waals surface area contributed by atoms with Gasteiger partial charge in [0.05, 0.1) is 0 Å². The summed E-state index contributed by atoms with van der Waals surface area (Å²) >= 11 is 2.02. The summed E-state index contributed by atoms with van der Waals surface area (Å²) < 4.78 is 0. The second-order valence-electron chi connectivity index (χ2n) is 4.69. The highest BCUT2D eigenvalue weighted by molar-refractivity contribution is 7.99. The van der Waals surface area contributed by atoms with Gasteiger partial charge in [-0.05, 0) is 44.3 Å². The SMILES string of the molecule is CCSCCC(C)NC(C)c1cccc(C)c1. The first-order chi connectivity index (χ1) is 8.13. The number of aryl methyl sites for hydroxylation is 1. The van der Waals surface area contributed by atoms with Crippen molar-refractivity contribution in [2.75, 3.05) is 11.5 Å². The van der Waals surface area contributed by atoms with Crippen molar-refractivity contribution in [1.82, 2.24) is 5.32 Å². The fraction of sp³-hybridized carbons (Fsp3) is 0.600. The van der Waals surface area contributed by atoms with E-state index < -0.39 is 0 Å². The Hall–Kier alpha value is -0.470. The molecule has 2 heteroatoms. The molecule has 96 valence electrons. The summed E-state index contributed by atoms with van der Waals surface area (Å²) in [5, 5.41) is 3.67. The average Bonchev–Trinajstić information content (AvgIpc) is 2.29. The van der Waals surface area contributed by atoms with Gasteiger partial charge in [-0.25, -0.2) is 0 Å². The first kappa shape index (κ1) is 14.6. The maximum atomic E-state index is 3.67. The maximum absolute atomic E-state index is 3.67. The molecule has 0 aliphatic carbocycles. The van der Waals surface area contributed by atoms with Crippen LogP contribution < -0.4 is 5.32 Å². The lowest BCUT2D eigenvalue weighted by atomic mass is 10.0. The highest BCUT2D eigenvalue weighted by Gasteiger charge is 2.09. The number of rotatable bonds is 7. The predicted molar refractivity (Wildman–Crippen MR) is 79.8 cm³/mol. The van der Waals surface area contributed by atoms with E-state index in [0.29, 0.717) is 12.1 Å². The van der Waals surface area contributed by atoms with Crippen molar-refractivity contribution in [2.24, 2.45) is 0 Å². The van der Waals surface area contributed by atoms with Gasteiger partial charge in [0.15, 0.2) is 0 Å². The van der Waals surface area contributed by atoms with Crippen LogP contribution in [0.15, 0.2) is 24.3 Å². The van der Waals surface area contributed by atoms with E-state index in [1.807, 2.05) is 11.8 Å². The van der Waals surface area contributed by atoms with Crippen LogP contribution >= 0.6 is 11.8 Å². The van der Waals surface area contributed by atoms with Crippen LogP contribution in [0.1, 0.15) is 44.4 Å². The molecule has 0 radical (unpaired) electrons. The first-order valence-electron chi connectivity index (χ1n) is 6.53. The summed E-state index contributed by atoms with van der Waals surface area (Å²) in [4.78, 5) is 0. The third-order valence-electron chi connectivity index (χ3n) is 2.98. The Kier molecular flexibility index (Phi) is 6.68. The normalized spacial score (nSPS) is 14.6. The zero-order valence-corrected chi connectivity index (χ0v) is 12.3. The van der Waals surface area contributed by atoms with E-state index in [-0.39, 0.29) is 0 Å². The zero-order valence-electron chi connectivity index (χ0n) is 11.5. The van der Waals surface area contributed by atoms with Crippen molar-refractivity contribution >= 4 is 11.8 Å². The Morgan fingerprint density at radius 3 is 2.71 bits per heavy atom. The third kappa shape index (κ3) is 5.60. The van der Waals surface area contributed by atoms with E-state index in [4.69, 9.17) is 0 Å². The lowest BCUT2D eigenvalue weighted by molar-refractivity contribution is 0.471. The van der Waals surface area contributed by atoms with Gasteiger partial charge in [0.25, 0.3) is 0 Å². The molecule has 0 heterocycles. The monoisotopic (exact) mass is 251 g/mol. The molecular formula is C15H25NS. The van der Waals surface area contributed by atoms with Crippen LogP contribution in [0.3, 0.4) is 0 Å². The van der Waals surface area contributed by atoms with Gasteiger partial charge in [-0.2, -0.15) is 11.8 Å². The Morgan fingerprint density at radius 2 is 2.06 bits per heavy atom. The minimum Gasteiger partial charge on any atom is -0.308 e. The molecule has 1 aromatic carbocycles. The smallest absolute Gasteiger partial charge is 0.0294 e. The molecule has 0 aliphatic heterocycles. The van der Waals surface area contributed by atoms with Gasteiger partial charge in [-0.3, -0.25) is 0 Å². The fourth-order valence-electron chi connectivity index (χ4n) is 1.95. The molecule has 1 nitrogen and oxygen atoms in total. The largest absolute Gasteiger partial charge is 0.308 e. The second-order valence-corrected chi connectivity index (χ2v) is 6.08. The summed E-state index contributed by atoms with van der Waals surface area (Å²) in [6.07, 6.45) is 1.24. The molecule has 0 fully saturated rings. The van der Waals surface area contributed by atoms with Crippen LogP contribution in [-0.4, -0.2) is 17.5 Å². The molecule has 0 aromatic heterocycles. The molecule has 2 unspecified atom stereocenters. The summed E-state index contributed by atoms with van der Waals surface area (Å²) in [5.74, 6) is 2.48. The Morgan fingerprint density at radius 1 is 1.29 bits per heavy atom. The van der Waals surface area contributed by atoms with Gasteiger partial charge in [-0.1, -0.05) is 36.8 Å². The van der Waals surface area contributed by atoms with Crippen LogP contribution in [0.4, 0.5) is 0 Å². The molecule has 0 spiro atoms. The minimum absolute atomic E-state index is 0.441. The standard InChI is InChI=1S/C15H25NS/c1-5-17-10-9-13(3)16-14(4)15-8-6-7-12(2)11-15/h6-8,11,13-14,16H,5,9-10H2,1-4H3. The van der Waals surface area contributed by atoms with E-state index in [1.54, 1.807) is 0 Å². The van der Waals surface area contributed by atoms with Gasteiger partial charge in [0.2, 0.25) is 0 Å². The van der Waals surface area contributed by atoms with Crippen LogP contribution in [0.5, 0.6) is 0 Å². The number of hydrogen-bond acceptors (Lipinski definition) is 2. The highest BCUT2D eigenvalue weighted by Crippen LogP contribution is 2.15. The summed E-state index contributed by atoms with van der Waals surface area (Å²) in [6.45, 7) is 8.90. The summed E-state index contributed by atoms with van der Waals surface area (Å²) in [7, 11) is 0. The average molecular weight is 251 g/mol. The first-order valence-corrected chi connectivity index (χ1v) is 7.69. The van der Waals surface area contributed by atoms with Gasteiger partial charge < -0.3 is 5.32 Å². The van der Waals surface area contributed by atoms with E-state index >= 15 is 0 Å². The number of nitrogens with one attached hydrogen (secondary N) is 1. The van der Waals surface area contributed by atoms with Crippen LogP contribution in [0, 0.1) is 6.92 Å². The van der Waals surface area contributed by atoms with E-state index in [2.05, 4.69) is 57.3 Å². The molecule has 1 N–H and O–H groups in total. The highest BCUT2D eigenvalue weighted by atomic mass is 32.2. The number of thioether (sulfide) groups is 1. The lowest BCUT2D eigenvalue weighted by Gasteiger charge is -2.20. The van der Waals surface area contributed by atoms with Crippen molar-refractivity contribution in [3.63, 3.8) is 0 Å². The lowest BCUT2D eigenvalue weighted by Crippen LogP contribution is -2.29. The molecule has 0 saturated carbocycles. The minimum atomic E-state index is 0.441. The predicted octanol–water partition coefficient (Wildman–Crippen LogP) is 4.18. The summed E-state index contributed by atoms with van der Waals surface area (Å²) in [5.41, 5.74) is 2.73. The number of hydrogen-bond donors (Lipinski definition) is 1. The van der Waals surface area contributed by atoms with Crippen molar-refractivity contribution in [3.05, 3.63) is 35.4 Å². The molecule has 0 saturated heterocycles. The summed E-state index contributed by atoms with van der Waals surface area (Å²) in [6, 6.07) is 9.79. The van der Waals surface area contributed by atoms with E-state index in [9.17, 15) is 0 Å². The Labute approximate surface area is 110 Å². The third-order valence-corrected chi connectivity index (χ3v) is 3.91. The molecule has 17 heavy (non-hydrogen) atoms. The quantitative estimate of drug-likeness (QED) is 0.730. The van der Waals surface area contributed by atoms with Crippen LogP contribution in [0.2, 0.25) is 0 Å². The topological polar surface area (TPSA) is 12.0 Å². The molecule has 0 aliphatic rings. The molecule has 1 rings (SSSR count). The van der Waals surface area contributed by atoms with Crippen molar-refractivity contribution in [1.29, 1.82) is 0 Å². The molecule has 0 amide bonds. The van der Waals surface area contributed by atoms with Gasteiger partial charge in [-0.15, -0.1) is 0 Å². The molecular weight excluding hydrogens is 226 g/mol. The van der Waals surface area contributed by atoms with Gasteiger partial charge in [0.1, 0.15) is 0 Å². The molecule has 2 atom stereocenters. The Balaban J connectivity index is 2.40. The van der Waals surface area contributed by atoms with Crippen LogP contribution in [0.25, 0.3) is 0 Å².